The number of methoxy groups -OCH3 is 1. The fraction of sp³-hybridized carbons (Fsp3) is 0.438. The summed E-state index contributed by atoms with van der Waals surface area (Å²) in [7, 11) is 1.72. The Balaban J connectivity index is 1.35. The second-order valence-electron chi connectivity index (χ2n) is 10.0. The van der Waals surface area contributed by atoms with Gasteiger partial charge in [0.1, 0.15) is 11.6 Å². The molecule has 0 bridgehead atoms. The second-order valence-corrected chi connectivity index (χ2v) is 10.0. The van der Waals surface area contributed by atoms with Gasteiger partial charge in [0.15, 0.2) is 0 Å². The number of benzene rings is 2. The highest BCUT2D eigenvalue weighted by atomic mass is 16.5. The summed E-state index contributed by atoms with van der Waals surface area (Å²) in [4.78, 5) is 24.8. The number of carbonyl (C=O) groups is 1. The van der Waals surface area contributed by atoms with Gasteiger partial charge in [-0.2, -0.15) is 0 Å². The number of rotatable bonds is 13. The van der Waals surface area contributed by atoms with Crippen LogP contribution in [-0.2, 0) is 6.42 Å². The molecule has 4 rings (SSSR count). The summed E-state index contributed by atoms with van der Waals surface area (Å²) in [6, 6.07) is 22.1. The van der Waals surface area contributed by atoms with E-state index < -0.39 is 0 Å². The summed E-state index contributed by atoms with van der Waals surface area (Å²) < 4.78 is 5.56. The predicted molar refractivity (Wildman–Crippen MR) is 156 cm³/mol. The number of carbonyl (C=O) groups excluding carboxylic acids is 1. The molecule has 0 atom stereocenters. The van der Waals surface area contributed by atoms with Crippen LogP contribution in [0.5, 0.6) is 5.75 Å². The smallest absolute Gasteiger partial charge is 0.259 e. The van der Waals surface area contributed by atoms with Crippen LogP contribution in [-0.4, -0.2) is 62.2 Å². The number of nitrogens with zero attached hydrogens (tertiary/aromatic N) is 4. The van der Waals surface area contributed by atoms with Crippen molar-refractivity contribution in [3.05, 3.63) is 84.1 Å². The number of aromatic nitrogens is 1. The molecule has 0 spiro atoms. The van der Waals surface area contributed by atoms with E-state index in [2.05, 4.69) is 46.0 Å². The summed E-state index contributed by atoms with van der Waals surface area (Å²) in [5.74, 6) is 1.62. The van der Waals surface area contributed by atoms with E-state index in [0.717, 1.165) is 50.6 Å². The van der Waals surface area contributed by atoms with Gasteiger partial charge >= 0.3 is 0 Å². The van der Waals surface area contributed by atoms with E-state index >= 15 is 0 Å². The Labute approximate surface area is 228 Å². The Bertz CT molecular complexity index is 1110. The van der Waals surface area contributed by atoms with Crippen molar-refractivity contribution in [2.45, 2.75) is 45.4 Å². The minimum absolute atomic E-state index is 0.00542. The van der Waals surface area contributed by atoms with Gasteiger partial charge in [-0.3, -0.25) is 14.6 Å². The van der Waals surface area contributed by atoms with Crippen LogP contribution in [0.25, 0.3) is 0 Å². The maximum atomic E-state index is 13.6. The van der Waals surface area contributed by atoms with Crippen molar-refractivity contribution in [3.63, 3.8) is 0 Å². The van der Waals surface area contributed by atoms with Crippen LogP contribution in [0.4, 0.5) is 11.5 Å². The lowest BCUT2D eigenvalue weighted by atomic mass is 10.0. The van der Waals surface area contributed by atoms with Crippen LogP contribution in [0.3, 0.4) is 0 Å². The van der Waals surface area contributed by atoms with Crippen LogP contribution < -0.4 is 14.5 Å². The molecule has 2 heterocycles. The molecule has 0 radical (unpaired) electrons. The largest absolute Gasteiger partial charge is 0.495 e. The van der Waals surface area contributed by atoms with Crippen molar-refractivity contribution >= 4 is 17.4 Å². The number of piperazine rings is 1. The van der Waals surface area contributed by atoms with E-state index in [1.54, 1.807) is 13.3 Å². The molecule has 1 aliphatic heterocycles. The molecule has 1 amide bonds. The van der Waals surface area contributed by atoms with Gasteiger partial charge in [-0.05, 0) is 54.8 Å². The Morgan fingerprint density at radius 3 is 2.34 bits per heavy atom. The molecule has 2 aromatic carbocycles. The maximum absolute atomic E-state index is 13.6. The second kappa shape index (κ2) is 14.5. The minimum atomic E-state index is 0.00542. The molecule has 6 nitrogen and oxygen atoms in total. The lowest BCUT2D eigenvalue weighted by molar-refractivity contribution is 0.0982. The Kier molecular flexibility index (Phi) is 10.6. The predicted octanol–water partition coefficient (Wildman–Crippen LogP) is 6.07. The monoisotopic (exact) mass is 514 g/mol. The van der Waals surface area contributed by atoms with Gasteiger partial charge in [0.2, 0.25) is 0 Å². The number of ether oxygens (including phenoxy) is 1. The zero-order chi connectivity index (χ0) is 26.6. The number of anilines is 2. The summed E-state index contributed by atoms with van der Waals surface area (Å²) in [5, 5.41) is 0. The average molecular weight is 515 g/mol. The van der Waals surface area contributed by atoms with Crippen LogP contribution in [0.15, 0.2) is 72.9 Å². The first kappa shape index (κ1) is 27.6. The van der Waals surface area contributed by atoms with E-state index in [4.69, 9.17) is 4.74 Å². The van der Waals surface area contributed by atoms with E-state index in [0.29, 0.717) is 17.9 Å². The lowest BCUT2D eigenvalue weighted by Gasteiger charge is -2.37. The first-order valence-electron chi connectivity index (χ1n) is 14.1. The number of aryl methyl sites for hydroxylation is 1. The fourth-order valence-electron chi connectivity index (χ4n) is 5.08. The van der Waals surface area contributed by atoms with Gasteiger partial charge < -0.3 is 9.64 Å². The van der Waals surface area contributed by atoms with Gasteiger partial charge in [-0.1, -0.05) is 62.9 Å². The summed E-state index contributed by atoms with van der Waals surface area (Å²) in [6.07, 6.45) is 9.19. The van der Waals surface area contributed by atoms with Gasteiger partial charge in [-0.15, -0.1) is 0 Å². The number of para-hydroxylation sites is 2. The van der Waals surface area contributed by atoms with E-state index in [1.807, 2.05) is 47.4 Å². The molecule has 38 heavy (non-hydrogen) atoms. The van der Waals surface area contributed by atoms with Crippen molar-refractivity contribution < 1.29 is 9.53 Å². The molecule has 6 heteroatoms. The van der Waals surface area contributed by atoms with Gasteiger partial charge in [0, 0.05) is 51.0 Å². The van der Waals surface area contributed by atoms with Crippen LogP contribution in [0, 0.1) is 0 Å². The number of unbranched alkanes of at least 4 members (excludes halogenated alkanes) is 4. The van der Waals surface area contributed by atoms with Crippen molar-refractivity contribution in [1.29, 1.82) is 0 Å². The quantitative estimate of drug-likeness (QED) is 0.259. The molecule has 1 saturated heterocycles. The molecule has 3 aromatic rings. The zero-order valence-corrected chi connectivity index (χ0v) is 23.0. The summed E-state index contributed by atoms with van der Waals surface area (Å²) >= 11 is 0. The van der Waals surface area contributed by atoms with Crippen molar-refractivity contribution in [3.8, 4) is 5.75 Å². The molecule has 0 saturated carbocycles. The fourth-order valence-corrected chi connectivity index (χ4v) is 5.08. The van der Waals surface area contributed by atoms with Crippen LogP contribution in [0.1, 0.15) is 54.9 Å². The number of amides is 1. The number of pyridine rings is 1. The standard InChI is InChI=1S/C32H42N4O2/c1-3-4-5-6-7-12-27-16-18-28(19-17-27)32(37)36(31-15-10-11-20-33-31)26-23-34-21-24-35(25-22-34)29-13-8-9-14-30(29)38-2/h8-11,13-20H,3-7,12,21-26H2,1-2H3. The molecule has 1 fully saturated rings. The third-order valence-corrected chi connectivity index (χ3v) is 7.38. The first-order valence-corrected chi connectivity index (χ1v) is 14.1. The van der Waals surface area contributed by atoms with Gasteiger partial charge in [0.25, 0.3) is 5.91 Å². The third kappa shape index (κ3) is 7.57. The maximum Gasteiger partial charge on any atom is 0.259 e. The summed E-state index contributed by atoms with van der Waals surface area (Å²) in [5.41, 5.74) is 3.16. The average Bonchev–Trinajstić information content (AvgIpc) is 2.98. The van der Waals surface area contributed by atoms with E-state index in [-0.39, 0.29) is 5.91 Å². The Morgan fingerprint density at radius 2 is 1.63 bits per heavy atom. The molecule has 0 unspecified atom stereocenters. The molecular formula is C32H42N4O2. The van der Waals surface area contributed by atoms with Gasteiger partial charge in [-0.25, -0.2) is 4.98 Å². The third-order valence-electron chi connectivity index (χ3n) is 7.38. The van der Waals surface area contributed by atoms with E-state index in [1.165, 1.54) is 37.7 Å². The highest BCUT2D eigenvalue weighted by molar-refractivity contribution is 6.05. The number of hydrogen-bond acceptors (Lipinski definition) is 5. The van der Waals surface area contributed by atoms with Crippen LogP contribution >= 0.6 is 0 Å². The van der Waals surface area contributed by atoms with Crippen LogP contribution in [0.2, 0.25) is 0 Å². The SMILES string of the molecule is CCCCCCCc1ccc(C(=O)N(CCN2CCN(c3ccccc3OC)CC2)c2ccccn2)cc1. The topological polar surface area (TPSA) is 48.9 Å². The number of hydrogen-bond donors (Lipinski definition) is 0. The molecular weight excluding hydrogens is 472 g/mol. The van der Waals surface area contributed by atoms with Crippen molar-refractivity contribution in [1.82, 2.24) is 9.88 Å². The lowest BCUT2D eigenvalue weighted by Crippen LogP contribution is -2.49. The molecule has 202 valence electrons. The Hall–Kier alpha value is -3.38. The Morgan fingerprint density at radius 1 is 0.895 bits per heavy atom. The van der Waals surface area contributed by atoms with Crippen molar-refractivity contribution in [2.24, 2.45) is 0 Å². The highest BCUT2D eigenvalue weighted by Gasteiger charge is 2.23. The molecule has 1 aliphatic rings. The normalized spacial score (nSPS) is 13.9. The minimum Gasteiger partial charge on any atom is -0.495 e. The molecule has 0 aliphatic carbocycles. The van der Waals surface area contributed by atoms with E-state index in [9.17, 15) is 4.79 Å². The first-order chi connectivity index (χ1) is 18.7. The molecule has 1 aromatic heterocycles. The molecule has 0 N–H and O–H groups in total. The zero-order valence-electron chi connectivity index (χ0n) is 23.0. The summed E-state index contributed by atoms with van der Waals surface area (Å²) in [6.45, 7) is 7.38. The van der Waals surface area contributed by atoms with Gasteiger partial charge in [0.05, 0.1) is 12.8 Å². The van der Waals surface area contributed by atoms with Crippen molar-refractivity contribution in [2.75, 3.05) is 56.2 Å². The highest BCUT2D eigenvalue weighted by Crippen LogP contribution is 2.28.